The second-order valence-electron chi connectivity index (χ2n) is 5.50. The molecule has 0 fully saturated rings. The molecule has 0 spiro atoms. The lowest BCUT2D eigenvalue weighted by molar-refractivity contribution is 0.102. The van der Waals surface area contributed by atoms with Crippen LogP contribution in [0.5, 0.6) is 0 Å². The minimum Gasteiger partial charge on any atom is -0.336 e. The zero-order chi connectivity index (χ0) is 19.6. The largest absolute Gasteiger partial charge is 0.336 e. The van der Waals surface area contributed by atoms with E-state index in [1.165, 1.54) is 6.20 Å². The topological polar surface area (TPSA) is 66.9 Å². The number of carbonyl (C=O) groups is 1. The zero-order valence-electron chi connectivity index (χ0n) is 13.9. The lowest BCUT2D eigenvalue weighted by atomic mass is 10.2. The van der Waals surface area contributed by atoms with Crippen LogP contribution in [0.3, 0.4) is 0 Å². The van der Waals surface area contributed by atoms with E-state index in [1.54, 1.807) is 25.1 Å². The number of nitrogens with zero attached hydrogens (tertiary/aromatic N) is 2. The van der Waals surface area contributed by atoms with Gasteiger partial charge in [0.25, 0.3) is 5.91 Å². The van der Waals surface area contributed by atoms with E-state index in [0.717, 1.165) is 18.3 Å². The van der Waals surface area contributed by atoms with Crippen molar-refractivity contribution in [3.8, 4) is 0 Å². The number of anilines is 3. The van der Waals surface area contributed by atoms with Crippen LogP contribution < -0.4 is 10.6 Å². The van der Waals surface area contributed by atoms with Gasteiger partial charge < -0.3 is 10.6 Å². The Bertz CT molecular complexity index is 1010. The first kappa shape index (κ1) is 18.7. The number of benzene rings is 2. The molecule has 0 radical (unpaired) electrons. The van der Waals surface area contributed by atoms with Gasteiger partial charge in [0.2, 0.25) is 0 Å². The number of amides is 1. The second-order valence-corrected chi connectivity index (χ2v) is 5.91. The molecule has 138 valence electrons. The first-order chi connectivity index (χ1) is 12.9. The zero-order valence-corrected chi connectivity index (χ0v) is 14.6. The summed E-state index contributed by atoms with van der Waals surface area (Å²) in [5.41, 5.74) is 0.925. The molecular weight excluding hydrogens is 381 g/mol. The van der Waals surface area contributed by atoms with Crippen LogP contribution in [-0.4, -0.2) is 15.9 Å². The Morgan fingerprint density at radius 1 is 1.00 bits per heavy atom. The Balaban J connectivity index is 1.74. The van der Waals surface area contributed by atoms with Crippen LogP contribution in [0.2, 0.25) is 5.02 Å². The van der Waals surface area contributed by atoms with Gasteiger partial charge in [-0.25, -0.2) is 23.1 Å². The fourth-order valence-electron chi connectivity index (χ4n) is 2.20. The summed E-state index contributed by atoms with van der Waals surface area (Å²) in [4.78, 5) is 20.1. The summed E-state index contributed by atoms with van der Waals surface area (Å²) in [6.07, 6.45) is 2.33. The lowest BCUT2D eigenvalue weighted by Gasteiger charge is -2.10. The van der Waals surface area contributed by atoms with E-state index in [2.05, 4.69) is 20.6 Å². The van der Waals surface area contributed by atoms with Crippen LogP contribution in [0.15, 0.2) is 42.7 Å². The maximum absolute atomic E-state index is 13.7. The third kappa shape index (κ3) is 4.01. The van der Waals surface area contributed by atoms with E-state index in [9.17, 15) is 18.0 Å². The van der Waals surface area contributed by atoms with Crippen LogP contribution in [0.1, 0.15) is 16.1 Å². The third-order valence-corrected chi connectivity index (χ3v) is 4.11. The molecule has 9 heteroatoms. The molecule has 0 saturated heterocycles. The average molecular weight is 393 g/mol. The summed E-state index contributed by atoms with van der Waals surface area (Å²) < 4.78 is 39.9. The van der Waals surface area contributed by atoms with Crippen molar-refractivity contribution in [2.45, 2.75) is 6.92 Å². The van der Waals surface area contributed by atoms with Gasteiger partial charge in [-0.1, -0.05) is 17.7 Å². The van der Waals surface area contributed by atoms with Crippen molar-refractivity contribution in [1.82, 2.24) is 9.97 Å². The first-order valence-electron chi connectivity index (χ1n) is 7.66. The van der Waals surface area contributed by atoms with Crippen LogP contribution in [0.25, 0.3) is 0 Å². The molecule has 0 aliphatic rings. The Morgan fingerprint density at radius 3 is 2.48 bits per heavy atom. The normalized spacial score (nSPS) is 10.6. The van der Waals surface area contributed by atoms with Crippen molar-refractivity contribution in [2.24, 2.45) is 0 Å². The van der Waals surface area contributed by atoms with Crippen molar-refractivity contribution in [3.05, 3.63) is 76.5 Å². The molecule has 0 aliphatic heterocycles. The molecule has 3 aromatic rings. The van der Waals surface area contributed by atoms with Crippen LogP contribution >= 0.6 is 11.6 Å². The van der Waals surface area contributed by atoms with Gasteiger partial charge in [0.15, 0.2) is 17.5 Å². The van der Waals surface area contributed by atoms with E-state index in [4.69, 9.17) is 11.6 Å². The third-order valence-electron chi connectivity index (χ3n) is 3.70. The molecule has 3 rings (SSSR count). The SMILES string of the molecule is Cc1c(Cl)cccc1NC(=O)c1cnc(Nc2ccc(F)c(F)c2F)cn1. The minimum absolute atomic E-state index is 0.00526. The van der Waals surface area contributed by atoms with Gasteiger partial charge in [0, 0.05) is 10.7 Å². The quantitative estimate of drug-likeness (QED) is 0.623. The molecule has 0 atom stereocenters. The highest BCUT2D eigenvalue weighted by atomic mass is 35.5. The van der Waals surface area contributed by atoms with Gasteiger partial charge in [0.1, 0.15) is 11.5 Å². The molecular formula is C18H12ClF3N4O. The van der Waals surface area contributed by atoms with Crippen molar-refractivity contribution in [2.75, 3.05) is 10.6 Å². The maximum Gasteiger partial charge on any atom is 0.275 e. The summed E-state index contributed by atoms with van der Waals surface area (Å²) in [5, 5.41) is 5.64. The van der Waals surface area contributed by atoms with Gasteiger partial charge in [0.05, 0.1) is 18.1 Å². The molecule has 1 amide bonds. The number of hydrogen-bond acceptors (Lipinski definition) is 4. The predicted molar refractivity (Wildman–Crippen MR) is 95.8 cm³/mol. The smallest absolute Gasteiger partial charge is 0.275 e. The van der Waals surface area contributed by atoms with Crippen LogP contribution in [-0.2, 0) is 0 Å². The molecule has 1 aromatic heterocycles. The van der Waals surface area contributed by atoms with Gasteiger partial charge in [-0.3, -0.25) is 4.79 Å². The highest BCUT2D eigenvalue weighted by molar-refractivity contribution is 6.31. The van der Waals surface area contributed by atoms with Crippen LogP contribution in [0.4, 0.5) is 30.4 Å². The van der Waals surface area contributed by atoms with Gasteiger partial charge >= 0.3 is 0 Å². The summed E-state index contributed by atoms with van der Waals surface area (Å²) >= 11 is 6.01. The van der Waals surface area contributed by atoms with E-state index in [1.807, 2.05) is 0 Å². The van der Waals surface area contributed by atoms with E-state index >= 15 is 0 Å². The molecule has 1 heterocycles. The number of carbonyl (C=O) groups excluding carboxylic acids is 1. The summed E-state index contributed by atoms with van der Waals surface area (Å²) in [6.45, 7) is 1.76. The molecule has 0 unspecified atom stereocenters. The van der Waals surface area contributed by atoms with Gasteiger partial charge in [-0.2, -0.15) is 0 Å². The maximum atomic E-state index is 13.7. The van der Waals surface area contributed by atoms with Crippen molar-refractivity contribution < 1.29 is 18.0 Å². The summed E-state index contributed by atoms with van der Waals surface area (Å²) in [6, 6.07) is 6.89. The Hall–Kier alpha value is -3.13. The monoisotopic (exact) mass is 392 g/mol. The molecule has 2 aromatic carbocycles. The highest BCUT2D eigenvalue weighted by Gasteiger charge is 2.15. The summed E-state index contributed by atoms with van der Waals surface area (Å²) in [5.74, 6) is -4.74. The number of nitrogens with one attached hydrogen (secondary N) is 2. The Kier molecular flexibility index (Phi) is 5.27. The number of hydrogen-bond donors (Lipinski definition) is 2. The average Bonchev–Trinajstić information content (AvgIpc) is 2.66. The molecule has 5 nitrogen and oxygen atoms in total. The Morgan fingerprint density at radius 2 is 1.78 bits per heavy atom. The molecule has 0 bridgehead atoms. The van der Waals surface area contributed by atoms with Crippen molar-refractivity contribution in [1.29, 1.82) is 0 Å². The molecule has 2 N–H and O–H groups in total. The number of halogens is 4. The standard InChI is InChI=1S/C18H12ClF3N4O/c1-9-10(19)3-2-4-12(9)26-18(27)14-7-24-15(8-23-14)25-13-6-5-11(20)16(21)17(13)22/h2-8H,1H3,(H,24,25)(H,26,27). The second kappa shape index (κ2) is 7.63. The first-order valence-corrected chi connectivity index (χ1v) is 8.03. The minimum atomic E-state index is -1.60. The lowest BCUT2D eigenvalue weighted by Crippen LogP contribution is -2.15. The van der Waals surface area contributed by atoms with E-state index in [-0.39, 0.29) is 17.2 Å². The fourth-order valence-corrected chi connectivity index (χ4v) is 2.37. The molecule has 0 aliphatic carbocycles. The van der Waals surface area contributed by atoms with E-state index in [0.29, 0.717) is 16.3 Å². The van der Waals surface area contributed by atoms with Crippen molar-refractivity contribution in [3.63, 3.8) is 0 Å². The fraction of sp³-hybridized carbons (Fsp3) is 0.0556. The number of rotatable bonds is 4. The van der Waals surface area contributed by atoms with Crippen LogP contribution in [0, 0.1) is 24.4 Å². The highest BCUT2D eigenvalue weighted by Crippen LogP contribution is 2.24. The summed E-state index contributed by atoms with van der Waals surface area (Å²) in [7, 11) is 0. The molecule has 0 saturated carbocycles. The van der Waals surface area contributed by atoms with Gasteiger partial charge in [-0.05, 0) is 36.8 Å². The molecule has 27 heavy (non-hydrogen) atoms. The van der Waals surface area contributed by atoms with E-state index < -0.39 is 23.4 Å². The Labute approximate surface area is 157 Å². The van der Waals surface area contributed by atoms with Crippen molar-refractivity contribution >= 4 is 34.7 Å². The van der Waals surface area contributed by atoms with Gasteiger partial charge in [-0.15, -0.1) is 0 Å². The number of aromatic nitrogens is 2. The predicted octanol–water partition coefficient (Wildman–Crippen LogP) is 4.85.